The monoisotopic (exact) mass is 333 g/mol. The summed E-state index contributed by atoms with van der Waals surface area (Å²) >= 11 is 0. The van der Waals surface area contributed by atoms with Gasteiger partial charge in [-0.2, -0.15) is 0 Å². The first-order chi connectivity index (χ1) is 11.4. The standard InChI is InChI=1S/C18H23NO5/c1-5-8-13(12-23-18(22)16(20)6-2)17(21)24-15-10-7-9-14(11-15)19(3)4/h7,9-12H,5-6,8H2,1-4H3. The van der Waals surface area contributed by atoms with Gasteiger partial charge in [0.05, 0.1) is 5.57 Å². The van der Waals surface area contributed by atoms with E-state index in [0.29, 0.717) is 18.6 Å². The maximum absolute atomic E-state index is 12.3. The first-order valence-electron chi connectivity index (χ1n) is 7.81. The highest BCUT2D eigenvalue weighted by Gasteiger charge is 2.16. The van der Waals surface area contributed by atoms with Gasteiger partial charge in [-0.15, -0.1) is 0 Å². The molecule has 0 saturated carbocycles. The largest absolute Gasteiger partial charge is 0.428 e. The van der Waals surface area contributed by atoms with E-state index in [1.807, 2.05) is 32.0 Å². The molecule has 0 unspecified atom stereocenters. The molecule has 0 amide bonds. The quantitative estimate of drug-likeness (QED) is 0.239. The second kappa shape index (κ2) is 9.50. The van der Waals surface area contributed by atoms with Crippen molar-refractivity contribution in [2.45, 2.75) is 33.1 Å². The predicted octanol–water partition coefficient (Wildman–Crippen LogP) is 2.86. The van der Waals surface area contributed by atoms with Gasteiger partial charge in [-0.05, 0) is 18.6 Å². The lowest BCUT2D eigenvalue weighted by atomic mass is 10.2. The van der Waals surface area contributed by atoms with Crippen LogP contribution in [-0.4, -0.2) is 31.8 Å². The number of esters is 2. The number of Topliss-reactive ketones (excluding diaryl/α,β-unsaturated/α-hetero) is 1. The lowest BCUT2D eigenvalue weighted by molar-refractivity contribution is -0.149. The van der Waals surface area contributed by atoms with Gasteiger partial charge in [0, 0.05) is 32.3 Å². The third kappa shape index (κ3) is 5.87. The molecule has 0 radical (unpaired) electrons. The Morgan fingerprint density at radius 1 is 1.12 bits per heavy atom. The normalized spacial score (nSPS) is 10.9. The minimum absolute atomic E-state index is 0.0531. The molecule has 0 heterocycles. The van der Waals surface area contributed by atoms with Crippen LogP contribution in [0.4, 0.5) is 5.69 Å². The average Bonchev–Trinajstić information content (AvgIpc) is 2.57. The Bertz CT molecular complexity index is 634. The van der Waals surface area contributed by atoms with Crippen molar-refractivity contribution in [3.8, 4) is 5.75 Å². The number of carbonyl (C=O) groups excluding carboxylic acids is 3. The van der Waals surface area contributed by atoms with Crippen molar-refractivity contribution in [3.63, 3.8) is 0 Å². The zero-order chi connectivity index (χ0) is 18.1. The molecule has 6 heteroatoms. The SMILES string of the molecule is CCCC(=COC(=O)C(=O)CC)C(=O)Oc1cccc(N(C)C)c1. The summed E-state index contributed by atoms with van der Waals surface area (Å²) in [5.41, 5.74) is 1.09. The number of hydrogen-bond donors (Lipinski definition) is 0. The molecular weight excluding hydrogens is 310 g/mol. The fourth-order valence-electron chi connectivity index (χ4n) is 1.81. The van der Waals surface area contributed by atoms with Gasteiger partial charge in [0.15, 0.2) is 0 Å². The molecule has 130 valence electrons. The molecule has 0 fully saturated rings. The number of hydrogen-bond acceptors (Lipinski definition) is 6. The van der Waals surface area contributed by atoms with Crippen LogP contribution in [-0.2, 0) is 19.1 Å². The van der Waals surface area contributed by atoms with Crippen LogP contribution in [0.5, 0.6) is 5.75 Å². The molecule has 24 heavy (non-hydrogen) atoms. The van der Waals surface area contributed by atoms with Crippen LogP contribution in [0.2, 0.25) is 0 Å². The van der Waals surface area contributed by atoms with Crippen molar-refractivity contribution in [2.24, 2.45) is 0 Å². The Labute approximate surface area is 142 Å². The van der Waals surface area contributed by atoms with Crippen molar-refractivity contribution < 1.29 is 23.9 Å². The third-order valence-electron chi connectivity index (χ3n) is 3.18. The van der Waals surface area contributed by atoms with E-state index in [1.165, 1.54) is 0 Å². The van der Waals surface area contributed by atoms with E-state index < -0.39 is 17.7 Å². The highest BCUT2D eigenvalue weighted by molar-refractivity contribution is 6.33. The van der Waals surface area contributed by atoms with Crippen LogP contribution < -0.4 is 9.64 Å². The predicted molar refractivity (Wildman–Crippen MR) is 90.8 cm³/mol. The van der Waals surface area contributed by atoms with Crippen molar-refractivity contribution in [2.75, 3.05) is 19.0 Å². The second-order valence-corrected chi connectivity index (χ2v) is 5.36. The molecule has 0 N–H and O–H groups in total. The Morgan fingerprint density at radius 2 is 1.83 bits per heavy atom. The van der Waals surface area contributed by atoms with Crippen LogP contribution in [0.1, 0.15) is 33.1 Å². The van der Waals surface area contributed by atoms with Crippen LogP contribution in [0, 0.1) is 0 Å². The number of rotatable bonds is 8. The summed E-state index contributed by atoms with van der Waals surface area (Å²) in [6, 6.07) is 7.06. The van der Waals surface area contributed by atoms with Gasteiger partial charge in [-0.3, -0.25) is 4.79 Å². The summed E-state index contributed by atoms with van der Waals surface area (Å²) in [5, 5.41) is 0. The second-order valence-electron chi connectivity index (χ2n) is 5.36. The smallest absolute Gasteiger partial charge is 0.379 e. The van der Waals surface area contributed by atoms with E-state index in [9.17, 15) is 14.4 Å². The van der Waals surface area contributed by atoms with E-state index in [2.05, 4.69) is 0 Å². The molecule has 0 aliphatic rings. The number of nitrogens with zero attached hydrogens (tertiary/aromatic N) is 1. The molecule has 6 nitrogen and oxygen atoms in total. The lowest BCUT2D eigenvalue weighted by Crippen LogP contribution is -2.16. The van der Waals surface area contributed by atoms with Gasteiger partial charge in [0.1, 0.15) is 12.0 Å². The summed E-state index contributed by atoms with van der Waals surface area (Å²) in [4.78, 5) is 36.8. The number of benzene rings is 1. The van der Waals surface area contributed by atoms with Crippen molar-refractivity contribution in [1.82, 2.24) is 0 Å². The number of ketones is 1. The van der Waals surface area contributed by atoms with Crippen molar-refractivity contribution in [3.05, 3.63) is 36.1 Å². The van der Waals surface area contributed by atoms with E-state index in [1.54, 1.807) is 25.1 Å². The van der Waals surface area contributed by atoms with E-state index in [0.717, 1.165) is 11.9 Å². The molecule has 0 aliphatic carbocycles. The van der Waals surface area contributed by atoms with E-state index in [4.69, 9.17) is 9.47 Å². The highest BCUT2D eigenvalue weighted by atomic mass is 16.5. The van der Waals surface area contributed by atoms with Gasteiger partial charge in [0.25, 0.3) is 0 Å². The zero-order valence-corrected chi connectivity index (χ0v) is 14.5. The Kier molecular flexibility index (Phi) is 7.68. The summed E-state index contributed by atoms with van der Waals surface area (Å²) in [5.74, 6) is -1.84. The van der Waals surface area contributed by atoms with Gasteiger partial charge >= 0.3 is 11.9 Å². The molecule has 0 bridgehead atoms. The molecule has 0 atom stereocenters. The number of anilines is 1. The highest BCUT2D eigenvalue weighted by Crippen LogP contribution is 2.21. The first-order valence-corrected chi connectivity index (χ1v) is 7.81. The van der Waals surface area contributed by atoms with E-state index in [-0.39, 0.29) is 12.0 Å². The molecule has 1 rings (SSSR count). The van der Waals surface area contributed by atoms with Gasteiger partial charge in [-0.1, -0.05) is 26.3 Å². The summed E-state index contributed by atoms with van der Waals surface area (Å²) in [6.45, 7) is 3.44. The molecular formula is C18H23NO5. The van der Waals surface area contributed by atoms with Crippen LogP contribution >= 0.6 is 0 Å². The third-order valence-corrected chi connectivity index (χ3v) is 3.18. The van der Waals surface area contributed by atoms with Crippen molar-refractivity contribution in [1.29, 1.82) is 0 Å². The maximum atomic E-state index is 12.3. The molecule has 1 aromatic rings. The molecule has 0 saturated heterocycles. The fourth-order valence-corrected chi connectivity index (χ4v) is 1.81. The minimum atomic E-state index is -0.978. The molecule has 0 spiro atoms. The Balaban J connectivity index is 2.84. The topological polar surface area (TPSA) is 72.9 Å². The summed E-state index contributed by atoms with van der Waals surface area (Å²) < 4.78 is 10.1. The fraction of sp³-hybridized carbons (Fsp3) is 0.389. The Morgan fingerprint density at radius 3 is 2.42 bits per heavy atom. The summed E-state index contributed by atoms with van der Waals surface area (Å²) in [7, 11) is 3.76. The average molecular weight is 333 g/mol. The lowest BCUT2D eigenvalue weighted by Gasteiger charge is -2.14. The van der Waals surface area contributed by atoms with Crippen LogP contribution in [0.15, 0.2) is 36.1 Å². The molecule has 0 aromatic heterocycles. The molecule has 1 aromatic carbocycles. The molecule has 0 aliphatic heterocycles. The van der Waals surface area contributed by atoms with Crippen molar-refractivity contribution >= 4 is 23.4 Å². The van der Waals surface area contributed by atoms with E-state index >= 15 is 0 Å². The number of ether oxygens (including phenoxy) is 2. The Hall–Kier alpha value is -2.63. The zero-order valence-electron chi connectivity index (χ0n) is 14.5. The summed E-state index contributed by atoms with van der Waals surface area (Å²) in [6.07, 6.45) is 2.10. The van der Waals surface area contributed by atoms with Gasteiger partial charge < -0.3 is 14.4 Å². The first kappa shape index (κ1) is 19.4. The van der Waals surface area contributed by atoms with Crippen LogP contribution in [0.3, 0.4) is 0 Å². The van der Waals surface area contributed by atoms with Crippen LogP contribution in [0.25, 0.3) is 0 Å². The maximum Gasteiger partial charge on any atom is 0.379 e. The minimum Gasteiger partial charge on any atom is -0.428 e. The van der Waals surface area contributed by atoms with Gasteiger partial charge in [0.2, 0.25) is 5.78 Å². The number of carbonyl (C=O) groups is 3. The van der Waals surface area contributed by atoms with Gasteiger partial charge in [-0.25, -0.2) is 9.59 Å².